The second-order valence-corrected chi connectivity index (χ2v) is 1.40. The zero-order valence-corrected chi connectivity index (χ0v) is 7.41. The summed E-state index contributed by atoms with van der Waals surface area (Å²) in [6, 6.07) is 6.19. The third-order valence-electron chi connectivity index (χ3n) is 0.856. The molecule has 1 aromatic rings. The molecule has 0 saturated heterocycles. The van der Waals surface area contributed by atoms with Crippen molar-refractivity contribution < 1.29 is 26.0 Å². The van der Waals surface area contributed by atoms with E-state index < -0.39 is 4.92 Å². The molecule has 0 heterocycles. The Morgan fingerprint density at radius 3 is 2.56 bits per heavy atom. The Balaban J connectivity index is 0.000000640. The predicted molar refractivity (Wildman–Crippen MR) is 28.7 cm³/mol. The molecule has 1 aromatic carbocycles. The molecular formula is C5H4NO2W+. The van der Waals surface area contributed by atoms with Gasteiger partial charge in [-0.2, -0.15) is 6.07 Å². The third-order valence-corrected chi connectivity index (χ3v) is 0.856. The van der Waals surface area contributed by atoms with Crippen molar-refractivity contribution in [3.63, 3.8) is 0 Å². The fourth-order valence-corrected chi connectivity index (χ4v) is 0.486. The van der Waals surface area contributed by atoms with Crippen LogP contribution in [-0.2, 0) is 21.1 Å². The molecule has 0 aromatic heterocycles. The first-order chi connectivity index (χ1) is 3.80. The predicted octanol–water partition coefficient (Wildman–Crippen LogP) is 1.31. The van der Waals surface area contributed by atoms with E-state index in [2.05, 4.69) is 0 Å². The van der Waals surface area contributed by atoms with Crippen LogP contribution in [0, 0.1) is 10.1 Å². The van der Waals surface area contributed by atoms with Gasteiger partial charge in [-0.1, -0.05) is 6.07 Å². The van der Waals surface area contributed by atoms with Crippen LogP contribution < -0.4 is 0 Å². The summed E-state index contributed by atoms with van der Waals surface area (Å²) in [6.45, 7) is 0. The average Bonchev–Trinajstić information content (AvgIpc) is 2.12. The van der Waals surface area contributed by atoms with Gasteiger partial charge in [0.2, 0.25) is 0 Å². The van der Waals surface area contributed by atoms with Gasteiger partial charge in [0.1, 0.15) is 0 Å². The number of nitro groups is 1. The van der Waals surface area contributed by atoms with Crippen molar-refractivity contribution in [2.45, 2.75) is 0 Å². The van der Waals surface area contributed by atoms with Gasteiger partial charge in [-0.25, -0.2) is 6.07 Å². The normalized spacial score (nSPS) is 8.00. The minimum Gasteiger partial charge on any atom is -0.260 e. The topological polar surface area (TPSA) is 43.1 Å². The van der Waals surface area contributed by atoms with E-state index in [-0.39, 0.29) is 26.8 Å². The Bertz CT molecular complexity index is 183. The molecule has 0 spiro atoms. The molecule has 0 atom stereocenters. The van der Waals surface area contributed by atoms with E-state index in [1.807, 2.05) is 0 Å². The van der Waals surface area contributed by atoms with Crippen molar-refractivity contribution in [1.82, 2.24) is 0 Å². The van der Waals surface area contributed by atoms with E-state index in [0.29, 0.717) is 0 Å². The average molecular weight is 294 g/mol. The largest absolute Gasteiger partial charge is 2.00 e. The van der Waals surface area contributed by atoms with E-state index in [9.17, 15) is 10.1 Å². The van der Waals surface area contributed by atoms with E-state index in [4.69, 9.17) is 0 Å². The maximum absolute atomic E-state index is 9.87. The van der Waals surface area contributed by atoms with Crippen LogP contribution in [0.2, 0.25) is 0 Å². The standard InChI is InChI=1S/C5H4NO2.W/c7-6(8)5-3-1-2-4-5;/h1-4H;/q-1;+2. The van der Waals surface area contributed by atoms with Gasteiger partial charge in [-0.3, -0.25) is 10.1 Å². The van der Waals surface area contributed by atoms with Crippen molar-refractivity contribution >= 4 is 5.69 Å². The van der Waals surface area contributed by atoms with Gasteiger partial charge in [-0.05, 0) is 0 Å². The van der Waals surface area contributed by atoms with Gasteiger partial charge >= 0.3 is 21.1 Å². The van der Waals surface area contributed by atoms with Crippen molar-refractivity contribution in [3.8, 4) is 0 Å². The summed E-state index contributed by atoms with van der Waals surface area (Å²) in [5.41, 5.74) is 0.157. The Hall–Kier alpha value is -0.562. The number of hydrogen-bond donors (Lipinski definition) is 0. The first kappa shape index (κ1) is 8.44. The molecule has 0 unspecified atom stereocenters. The Morgan fingerprint density at radius 2 is 2.33 bits per heavy atom. The third kappa shape index (κ3) is 2.02. The summed E-state index contributed by atoms with van der Waals surface area (Å²) in [7, 11) is 0. The second kappa shape index (κ2) is 3.46. The summed E-state index contributed by atoms with van der Waals surface area (Å²) >= 11 is 0. The molecule has 9 heavy (non-hydrogen) atoms. The maximum Gasteiger partial charge on any atom is 2.00 e. The monoisotopic (exact) mass is 294 g/mol. The molecule has 0 radical (unpaired) electrons. The van der Waals surface area contributed by atoms with Gasteiger partial charge in [-0.15, -0.1) is 6.07 Å². The number of rotatable bonds is 1. The molecule has 0 fully saturated rings. The van der Waals surface area contributed by atoms with Gasteiger partial charge in [0, 0.05) is 4.92 Å². The van der Waals surface area contributed by atoms with E-state index in [1.54, 1.807) is 12.1 Å². The van der Waals surface area contributed by atoms with Crippen LogP contribution in [0.3, 0.4) is 0 Å². The van der Waals surface area contributed by atoms with E-state index >= 15 is 0 Å². The quantitative estimate of drug-likeness (QED) is 0.445. The fourth-order valence-electron chi connectivity index (χ4n) is 0.486. The molecule has 0 amide bonds. The van der Waals surface area contributed by atoms with Gasteiger partial charge < -0.3 is 0 Å². The smallest absolute Gasteiger partial charge is 0.260 e. The minimum atomic E-state index is -0.417. The molecule has 0 saturated carbocycles. The van der Waals surface area contributed by atoms with E-state index in [1.165, 1.54) is 12.1 Å². The van der Waals surface area contributed by atoms with E-state index in [0.717, 1.165) is 0 Å². The SMILES string of the molecule is O=[N+]([O-])c1ccc[cH-]1.[W+2]. The van der Waals surface area contributed by atoms with Crippen LogP contribution in [0.15, 0.2) is 24.3 Å². The van der Waals surface area contributed by atoms with Gasteiger partial charge in [0.15, 0.2) is 5.69 Å². The molecule has 1 rings (SSSR count). The molecule has 0 aliphatic carbocycles. The van der Waals surface area contributed by atoms with Crippen LogP contribution in [-0.4, -0.2) is 4.92 Å². The summed E-state index contributed by atoms with van der Waals surface area (Å²) in [5.74, 6) is 0. The van der Waals surface area contributed by atoms with Crippen LogP contribution in [0.25, 0.3) is 0 Å². The van der Waals surface area contributed by atoms with Gasteiger partial charge in [0.25, 0.3) is 0 Å². The summed E-state index contributed by atoms with van der Waals surface area (Å²) in [4.78, 5) is 9.45. The molecule has 0 N–H and O–H groups in total. The van der Waals surface area contributed by atoms with Crippen LogP contribution >= 0.6 is 0 Å². The van der Waals surface area contributed by atoms with Crippen LogP contribution in [0.1, 0.15) is 0 Å². The molecule has 3 nitrogen and oxygen atoms in total. The van der Waals surface area contributed by atoms with Crippen molar-refractivity contribution in [2.75, 3.05) is 0 Å². The van der Waals surface area contributed by atoms with Crippen molar-refractivity contribution in [2.24, 2.45) is 0 Å². The summed E-state index contributed by atoms with van der Waals surface area (Å²) in [5, 5.41) is 9.87. The fraction of sp³-hybridized carbons (Fsp3) is 0. The molecular weight excluding hydrogens is 290 g/mol. The molecule has 0 aliphatic heterocycles. The second-order valence-electron chi connectivity index (χ2n) is 1.40. The zero-order valence-electron chi connectivity index (χ0n) is 4.48. The van der Waals surface area contributed by atoms with Crippen LogP contribution in [0.5, 0.6) is 0 Å². The van der Waals surface area contributed by atoms with Gasteiger partial charge in [0.05, 0.1) is 0 Å². The molecule has 46 valence electrons. The molecule has 4 heteroatoms. The zero-order chi connectivity index (χ0) is 5.98. The molecule has 0 aliphatic rings. The van der Waals surface area contributed by atoms with Crippen LogP contribution in [0.4, 0.5) is 5.69 Å². The summed E-state index contributed by atoms with van der Waals surface area (Å²) < 4.78 is 0. The number of hydrogen-bond acceptors (Lipinski definition) is 2. The number of nitrogens with zero attached hydrogens (tertiary/aromatic N) is 1. The minimum absolute atomic E-state index is 0. The Labute approximate surface area is 66.5 Å². The Morgan fingerprint density at radius 1 is 1.67 bits per heavy atom. The summed E-state index contributed by atoms with van der Waals surface area (Å²) in [6.07, 6.45) is 0. The first-order valence-corrected chi connectivity index (χ1v) is 2.17. The Kier molecular flexibility index (Phi) is 3.25. The van der Waals surface area contributed by atoms with Crippen molar-refractivity contribution in [3.05, 3.63) is 34.4 Å². The molecule has 0 bridgehead atoms. The van der Waals surface area contributed by atoms with Crippen molar-refractivity contribution in [1.29, 1.82) is 0 Å². The maximum atomic E-state index is 9.87. The first-order valence-electron chi connectivity index (χ1n) is 2.17.